The predicted molar refractivity (Wildman–Crippen MR) is 86.8 cm³/mol. The van der Waals surface area contributed by atoms with E-state index in [0.29, 0.717) is 5.92 Å². The number of nitrogens with zero attached hydrogens (tertiary/aromatic N) is 2. The lowest BCUT2D eigenvalue weighted by molar-refractivity contribution is 0.217. The van der Waals surface area contributed by atoms with E-state index in [9.17, 15) is 0 Å². The fourth-order valence-electron chi connectivity index (χ4n) is 3.00. The molecule has 0 radical (unpaired) electrons. The molecular formula is C17H25N3O. The van der Waals surface area contributed by atoms with E-state index in [2.05, 4.69) is 48.2 Å². The molecule has 0 aliphatic carbocycles. The Morgan fingerprint density at radius 1 is 1.43 bits per heavy atom. The molecule has 1 aromatic carbocycles. The molecule has 1 saturated heterocycles. The van der Waals surface area contributed by atoms with Gasteiger partial charge in [0.2, 0.25) is 0 Å². The molecule has 1 aliphatic rings. The Morgan fingerprint density at radius 3 is 3.05 bits per heavy atom. The summed E-state index contributed by atoms with van der Waals surface area (Å²) in [7, 11) is 2.21. The average molecular weight is 287 g/mol. The van der Waals surface area contributed by atoms with E-state index < -0.39 is 0 Å². The van der Waals surface area contributed by atoms with Crippen LogP contribution in [-0.4, -0.2) is 36.6 Å². The summed E-state index contributed by atoms with van der Waals surface area (Å²) in [6.45, 7) is 7.66. The van der Waals surface area contributed by atoms with Crippen molar-refractivity contribution < 1.29 is 4.42 Å². The van der Waals surface area contributed by atoms with Crippen molar-refractivity contribution in [1.82, 2.24) is 9.88 Å². The molecule has 2 heterocycles. The van der Waals surface area contributed by atoms with Crippen molar-refractivity contribution in [3.63, 3.8) is 0 Å². The van der Waals surface area contributed by atoms with E-state index in [0.717, 1.165) is 35.1 Å². The number of nitrogens with one attached hydrogen (secondary N) is 1. The second-order valence-electron chi connectivity index (χ2n) is 6.54. The Bertz CT molecular complexity index is 605. The van der Waals surface area contributed by atoms with Crippen molar-refractivity contribution >= 4 is 16.8 Å². The molecule has 2 aromatic rings. The second-order valence-corrected chi connectivity index (χ2v) is 6.54. The van der Waals surface area contributed by atoms with Crippen LogP contribution in [0.15, 0.2) is 22.6 Å². The monoisotopic (exact) mass is 287 g/mol. The summed E-state index contributed by atoms with van der Waals surface area (Å²) in [6.07, 6.45) is 2.63. The first-order valence-electron chi connectivity index (χ1n) is 7.94. The number of hydrogen-bond acceptors (Lipinski definition) is 4. The van der Waals surface area contributed by atoms with Crippen LogP contribution in [0.2, 0.25) is 0 Å². The van der Waals surface area contributed by atoms with Crippen LogP contribution in [0.4, 0.5) is 5.69 Å². The summed E-state index contributed by atoms with van der Waals surface area (Å²) in [6, 6.07) is 6.20. The summed E-state index contributed by atoms with van der Waals surface area (Å²) in [5.74, 6) is 1.88. The highest BCUT2D eigenvalue weighted by Gasteiger charge is 2.17. The number of piperidine rings is 1. The Morgan fingerprint density at radius 2 is 2.29 bits per heavy atom. The first-order valence-corrected chi connectivity index (χ1v) is 7.94. The normalized spacial score (nSPS) is 20.3. The molecule has 0 bridgehead atoms. The van der Waals surface area contributed by atoms with Crippen LogP contribution in [0.1, 0.15) is 38.5 Å². The van der Waals surface area contributed by atoms with Crippen LogP contribution >= 0.6 is 0 Å². The molecule has 1 unspecified atom stereocenters. The molecule has 4 nitrogen and oxygen atoms in total. The highest BCUT2D eigenvalue weighted by atomic mass is 16.3. The Kier molecular flexibility index (Phi) is 4.15. The molecule has 0 spiro atoms. The molecule has 1 atom stereocenters. The number of benzene rings is 1. The summed E-state index contributed by atoms with van der Waals surface area (Å²) >= 11 is 0. The molecule has 0 amide bonds. The van der Waals surface area contributed by atoms with Gasteiger partial charge in [0.05, 0.1) is 0 Å². The molecular weight excluding hydrogens is 262 g/mol. The van der Waals surface area contributed by atoms with E-state index in [-0.39, 0.29) is 0 Å². The first-order chi connectivity index (χ1) is 10.1. The number of aromatic nitrogens is 1. The third kappa shape index (κ3) is 3.38. The highest BCUT2D eigenvalue weighted by molar-refractivity contribution is 5.77. The zero-order chi connectivity index (χ0) is 14.8. The summed E-state index contributed by atoms with van der Waals surface area (Å²) in [5.41, 5.74) is 2.96. The van der Waals surface area contributed by atoms with Crippen molar-refractivity contribution in [2.24, 2.45) is 5.92 Å². The predicted octanol–water partition coefficient (Wildman–Crippen LogP) is 3.70. The van der Waals surface area contributed by atoms with Gasteiger partial charge in [0, 0.05) is 24.7 Å². The molecule has 114 valence electrons. The van der Waals surface area contributed by atoms with Gasteiger partial charge in [0.25, 0.3) is 0 Å². The van der Waals surface area contributed by atoms with Crippen LogP contribution < -0.4 is 5.32 Å². The van der Waals surface area contributed by atoms with Crippen molar-refractivity contribution in [3.05, 3.63) is 24.1 Å². The third-order valence-corrected chi connectivity index (χ3v) is 4.21. The Labute approximate surface area is 126 Å². The molecule has 1 fully saturated rings. The lowest BCUT2D eigenvalue weighted by Gasteiger charge is -2.29. The van der Waals surface area contributed by atoms with Crippen molar-refractivity contribution in [2.75, 3.05) is 32.0 Å². The third-order valence-electron chi connectivity index (χ3n) is 4.21. The van der Waals surface area contributed by atoms with E-state index in [1.54, 1.807) is 0 Å². The van der Waals surface area contributed by atoms with E-state index >= 15 is 0 Å². The maximum absolute atomic E-state index is 5.75. The number of rotatable bonds is 4. The van der Waals surface area contributed by atoms with Gasteiger partial charge in [0.1, 0.15) is 5.52 Å². The lowest BCUT2D eigenvalue weighted by atomic mass is 9.98. The minimum absolute atomic E-state index is 0.326. The second kappa shape index (κ2) is 6.06. The van der Waals surface area contributed by atoms with Gasteiger partial charge < -0.3 is 14.6 Å². The molecule has 1 N–H and O–H groups in total. The standard InChI is InChI=1S/C17H25N3O/c1-12(2)17-19-15-9-14(6-7-16(15)21-17)18-10-13-5-4-8-20(3)11-13/h6-7,9,12-13,18H,4-5,8,10-11H2,1-3H3. The summed E-state index contributed by atoms with van der Waals surface area (Å²) < 4.78 is 5.75. The van der Waals surface area contributed by atoms with Gasteiger partial charge in [0.15, 0.2) is 11.5 Å². The number of anilines is 1. The fraction of sp³-hybridized carbons (Fsp3) is 0.588. The molecule has 1 aromatic heterocycles. The lowest BCUT2D eigenvalue weighted by Crippen LogP contribution is -2.35. The zero-order valence-electron chi connectivity index (χ0n) is 13.2. The molecule has 21 heavy (non-hydrogen) atoms. The van der Waals surface area contributed by atoms with Gasteiger partial charge in [-0.1, -0.05) is 13.8 Å². The largest absolute Gasteiger partial charge is 0.440 e. The Hall–Kier alpha value is -1.55. The number of oxazole rings is 1. The molecule has 0 saturated carbocycles. The minimum atomic E-state index is 0.326. The van der Waals surface area contributed by atoms with Crippen molar-refractivity contribution in [2.45, 2.75) is 32.6 Å². The van der Waals surface area contributed by atoms with Crippen molar-refractivity contribution in [3.8, 4) is 0 Å². The van der Waals surface area contributed by atoms with E-state index in [1.165, 1.54) is 25.9 Å². The summed E-state index contributed by atoms with van der Waals surface area (Å²) in [4.78, 5) is 6.99. The van der Waals surface area contributed by atoms with Crippen LogP contribution in [0, 0.1) is 5.92 Å². The topological polar surface area (TPSA) is 41.3 Å². The highest BCUT2D eigenvalue weighted by Crippen LogP contribution is 2.24. The van der Waals surface area contributed by atoms with Gasteiger partial charge in [-0.25, -0.2) is 4.98 Å². The van der Waals surface area contributed by atoms with E-state index in [1.807, 2.05) is 6.07 Å². The maximum Gasteiger partial charge on any atom is 0.198 e. The smallest absolute Gasteiger partial charge is 0.198 e. The van der Waals surface area contributed by atoms with Gasteiger partial charge in [-0.3, -0.25) is 0 Å². The van der Waals surface area contributed by atoms with Gasteiger partial charge in [-0.05, 0) is 50.6 Å². The first kappa shape index (κ1) is 14.4. The van der Waals surface area contributed by atoms with Crippen LogP contribution in [0.3, 0.4) is 0 Å². The van der Waals surface area contributed by atoms with Crippen LogP contribution in [0.25, 0.3) is 11.1 Å². The average Bonchev–Trinajstić information content (AvgIpc) is 2.88. The van der Waals surface area contributed by atoms with Crippen LogP contribution in [0.5, 0.6) is 0 Å². The SMILES string of the molecule is CC(C)c1nc2cc(NCC3CCCN(C)C3)ccc2o1. The molecule has 1 aliphatic heterocycles. The maximum atomic E-state index is 5.75. The Balaban J connectivity index is 1.66. The number of likely N-dealkylation sites (tertiary alicyclic amines) is 1. The molecule has 3 rings (SSSR count). The van der Waals surface area contributed by atoms with Crippen LogP contribution in [-0.2, 0) is 0 Å². The number of hydrogen-bond donors (Lipinski definition) is 1. The zero-order valence-corrected chi connectivity index (χ0v) is 13.2. The quantitative estimate of drug-likeness (QED) is 0.931. The fourth-order valence-corrected chi connectivity index (χ4v) is 3.00. The van der Waals surface area contributed by atoms with Gasteiger partial charge in [-0.2, -0.15) is 0 Å². The van der Waals surface area contributed by atoms with Crippen molar-refractivity contribution in [1.29, 1.82) is 0 Å². The molecule has 4 heteroatoms. The number of fused-ring (bicyclic) bond motifs is 1. The summed E-state index contributed by atoms with van der Waals surface area (Å²) in [5, 5.41) is 3.56. The van der Waals surface area contributed by atoms with Gasteiger partial charge in [-0.15, -0.1) is 0 Å². The van der Waals surface area contributed by atoms with E-state index in [4.69, 9.17) is 4.42 Å². The van der Waals surface area contributed by atoms with Gasteiger partial charge >= 0.3 is 0 Å². The minimum Gasteiger partial charge on any atom is -0.440 e.